The average molecular weight is 913 g/mol. The number of likely N-dealkylation sites (tertiary alicyclic amines) is 2. The standard InChI is InChI=1S/2C28H32N4O2/c2*1-3-13-31(14-4-2)28(34)24-17-23-12-11-22(18-25(23)30-26(29)19-24)20-7-9-21(10-8-20)27(33)32-15-5-6-16-32/h3,7-13,17-18H,4-6,14-16,19H2,1-2H3,(H2,29,30);3,7-12,17-18H,1,4-6,13-16,19H2,2H3,(H2,29,30). The zero-order valence-corrected chi connectivity index (χ0v) is 39.8. The Morgan fingerprint density at radius 3 is 1.46 bits per heavy atom. The molecule has 0 atom stereocenters. The molecule has 4 amide bonds. The van der Waals surface area contributed by atoms with Crippen molar-refractivity contribution in [2.75, 3.05) is 45.8 Å². The van der Waals surface area contributed by atoms with Crippen molar-refractivity contribution in [2.24, 2.45) is 21.5 Å². The number of aliphatic imine (C=N–C) groups is 2. The van der Waals surface area contributed by atoms with Crippen LogP contribution in [0.2, 0.25) is 0 Å². The molecule has 2 saturated heterocycles. The molecule has 0 spiro atoms. The van der Waals surface area contributed by atoms with Crippen molar-refractivity contribution in [2.45, 2.75) is 72.1 Å². The van der Waals surface area contributed by atoms with Gasteiger partial charge in [0.1, 0.15) is 11.7 Å². The monoisotopic (exact) mass is 913 g/mol. The van der Waals surface area contributed by atoms with Crippen molar-refractivity contribution in [1.29, 1.82) is 0 Å². The predicted octanol–water partition coefficient (Wildman–Crippen LogP) is 9.93. The summed E-state index contributed by atoms with van der Waals surface area (Å²) in [4.78, 5) is 68.0. The molecule has 4 aliphatic heterocycles. The third kappa shape index (κ3) is 11.8. The van der Waals surface area contributed by atoms with Crippen LogP contribution in [0.15, 0.2) is 131 Å². The van der Waals surface area contributed by atoms with Gasteiger partial charge in [-0.25, -0.2) is 9.98 Å². The summed E-state index contributed by atoms with van der Waals surface area (Å²) in [6.45, 7) is 15.0. The topological polar surface area (TPSA) is 158 Å². The molecule has 4 aliphatic rings. The summed E-state index contributed by atoms with van der Waals surface area (Å²) in [5, 5.41) is 0. The van der Waals surface area contributed by atoms with Gasteiger partial charge in [0.2, 0.25) is 0 Å². The van der Waals surface area contributed by atoms with Crippen LogP contribution in [0, 0.1) is 0 Å². The maximum Gasteiger partial charge on any atom is 0.254 e. The number of allylic oxidation sites excluding steroid dienone is 1. The molecule has 4 N–H and O–H groups in total. The highest BCUT2D eigenvalue weighted by Crippen LogP contribution is 2.34. The fourth-order valence-corrected chi connectivity index (χ4v) is 8.98. The molecule has 12 nitrogen and oxygen atoms in total. The van der Waals surface area contributed by atoms with Crippen molar-refractivity contribution in [1.82, 2.24) is 19.6 Å². The van der Waals surface area contributed by atoms with Gasteiger partial charge in [-0.3, -0.25) is 19.2 Å². The normalized spacial score (nSPS) is 15.3. The van der Waals surface area contributed by atoms with Gasteiger partial charge in [0.05, 0.1) is 11.4 Å². The number of carbonyl (C=O) groups is 4. The smallest absolute Gasteiger partial charge is 0.254 e. The number of nitrogens with two attached hydrogens (primary N) is 2. The Morgan fingerprint density at radius 1 is 0.618 bits per heavy atom. The molecule has 0 saturated carbocycles. The third-order valence-corrected chi connectivity index (χ3v) is 12.4. The highest BCUT2D eigenvalue weighted by molar-refractivity contribution is 6.07. The molecule has 2 fully saturated rings. The first kappa shape index (κ1) is 48.6. The molecule has 12 heteroatoms. The first-order chi connectivity index (χ1) is 33.0. The maximum atomic E-state index is 13.1. The van der Waals surface area contributed by atoms with Gasteiger partial charge in [-0.15, -0.1) is 6.58 Å². The SMILES string of the molecule is C=CCN(CCC)C(=O)C1=Cc2ccc(-c3ccc(C(=O)N4CCCC4)cc3)cc2N=C(N)C1.CC=CN(CCC)C(=O)C1=Cc2ccc(-c3ccc(C(=O)N4CCCC4)cc3)cc2N=C(N)C1. The molecule has 0 radical (unpaired) electrons. The van der Waals surface area contributed by atoms with Crippen molar-refractivity contribution in [3.05, 3.63) is 143 Å². The predicted molar refractivity (Wildman–Crippen MR) is 276 cm³/mol. The Labute approximate surface area is 401 Å². The Kier molecular flexibility index (Phi) is 16.4. The number of benzene rings is 4. The van der Waals surface area contributed by atoms with Crippen LogP contribution in [-0.2, 0) is 9.59 Å². The second-order valence-corrected chi connectivity index (χ2v) is 17.6. The Hall–Kier alpha value is -7.34. The molecule has 4 aromatic rings. The van der Waals surface area contributed by atoms with Crippen LogP contribution in [-0.4, -0.2) is 101 Å². The second kappa shape index (κ2) is 22.9. The zero-order valence-electron chi connectivity index (χ0n) is 39.8. The van der Waals surface area contributed by atoms with Crippen molar-refractivity contribution in [3.63, 3.8) is 0 Å². The lowest BCUT2D eigenvalue weighted by atomic mass is 9.99. The van der Waals surface area contributed by atoms with Crippen LogP contribution in [0.4, 0.5) is 11.4 Å². The van der Waals surface area contributed by atoms with Crippen molar-refractivity contribution < 1.29 is 19.2 Å². The number of hydrogen-bond donors (Lipinski definition) is 2. The van der Waals surface area contributed by atoms with E-state index in [1.165, 1.54) is 0 Å². The lowest BCUT2D eigenvalue weighted by molar-refractivity contribution is -0.126. The summed E-state index contributed by atoms with van der Waals surface area (Å²) in [5.74, 6) is 0.944. The Morgan fingerprint density at radius 2 is 1.04 bits per heavy atom. The third-order valence-electron chi connectivity index (χ3n) is 12.4. The lowest BCUT2D eigenvalue weighted by Gasteiger charge is -2.21. The number of hydrogen-bond acceptors (Lipinski definition) is 8. The highest BCUT2D eigenvalue weighted by atomic mass is 16.2. The van der Waals surface area contributed by atoms with E-state index in [9.17, 15) is 19.2 Å². The summed E-state index contributed by atoms with van der Waals surface area (Å²) >= 11 is 0. The summed E-state index contributed by atoms with van der Waals surface area (Å²) in [5.41, 5.74) is 22.3. The first-order valence-corrected chi connectivity index (χ1v) is 24.0. The van der Waals surface area contributed by atoms with E-state index in [2.05, 4.69) is 16.6 Å². The van der Waals surface area contributed by atoms with E-state index in [1.807, 2.05) is 140 Å². The van der Waals surface area contributed by atoms with Gasteiger partial charge >= 0.3 is 0 Å². The molecule has 4 aromatic carbocycles. The number of carbonyl (C=O) groups excluding carboxylic acids is 4. The minimum atomic E-state index is -0.0479. The van der Waals surface area contributed by atoms with E-state index < -0.39 is 0 Å². The molecule has 0 aliphatic carbocycles. The van der Waals surface area contributed by atoms with Gasteiger partial charge in [-0.1, -0.05) is 74.5 Å². The minimum Gasteiger partial charge on any atom is -0.387 e. The summed E-state index contributed by atoms with van der Waals surface area (Å²) in [6.07, 6.45) is 15.9. The highest BCUT2D eigenvalue weighted by Gasteiger charge is 2.24. The quantitative estimate of drug-likeness (QED) is 0.127. The van der Waals surface area contributed by atoms with E-state index >= 15 is 0 Å². The first-order valence-electron chi connectivity index (χ1n) is 24.0. The molecule has 68 heavy (non-hydrogen) atoms. The summed E-state index contributed by atoms with van der Waals surface area (Å²) in [7, 11) is 0. The fourth-order valence-electron chi connectivity index (χ4n) is 8.98. The summed E-state index contributed by atoms with van der Waals surface area (Å²) < 4.78 is 0. The molecule has 0 aromatic heterocycles. The molecule has 0 bridgehead atoms. The Balaban J connectivity index is 0.000000201. The van der Waals surface area contributed by atoms with Crippen molar-refractivity contribution >= 4 is 58.8 Å². The average Bonchev–Trinajstić information content (AvgIpc) is 4.05. The van der Waals surface area contributed by atoms with Gasteiger partial charge in [0, 0.05) is 98.3 Å². The fraction of sp³-hybridized carbons (Fsp3) is 0.321. The molecular weight excluding hydrogens is 849 g/mol. The zero-order chi connectivity index (χ0) is 48.2. The number of amides is 4. The molecule has 4 heterocycles. The van der Waals surface area contributed by atoms with Gasteiger partial charge in [0.15, 0.2) is 0 Å². The van der Waals surface area contributed by atoms with Gasteiger partial charge in [-0.05, 0) is 116 Å². The maximum absolute atomic E-state index is 13.1. The summed E-state index contributed by atoms with van der Waals surface area (Å²) in [6, 6.07) is 27.4. The van der Waals surface area contributed by atoms with Gasteiger partial charge < -0.3 is 31.1 Å². The largest absolute Gasteiger partial charge is 0.387 e. The van der Waals surface area contributed by atoms with Crippen molar-refractivity contribution in [3.8, 4) is 22.3 Å². The van der Waals surface area contributed by atoms with Crippen LogP contribution < -0.4 is 11.5 Å². The molecule has 8 rings (SSSR count). The van der Waals surface area contributed by atoms with E-state index in [0.29, 0.717) is 66.4 Å². The molecular formula is C56H64N8O4. The van der Waals surface area contributed by atoms with Crippen LogP contribution in [0.3, 0.4) is 0 Å². The van der Waals surface area contributed by atoms with Crippen LogP contribution in [0.1, 0.15) is 104 Å². The number of amidine groups is 2. The Bertz CT molecular complexity index is 2660. The second-order valence-electron chi connectivity index (χ2n) is 17.6. The van der Waals surface area contributed by atoms with E-state index in [-0.39, 0.29) is 23.6 Å². The van der Waals surface area contributed by atoms with Gasteiger partial charge in [0.25, 0.3) is 23.6 Å². The van der Waals surface area contributed by atoms with Gasteiger partial charge in [-0.2, -0.15) is 0 Å². The molecule has 0 unspecified atom stereocenters. The number of fused-ring (bicyclic) bond motifs is 2. The lowest BCUT2D eigenvalue weighted by Crippen LogP contribution is -2.34. The van der Waals surface area contributed by atoms with Crippen LogP contribution >= 0.6 is 0 Å². The minimum absolute atomic E-state index is 0.0323. The molecule has 352 valence electrons. The number of rotatable bonds is 13. The van der Waals surface area contributed by atoms with E-state index in [0.717, 1.165) is 109 Å². The van der Waals surface area contributed by atoms with Crippen LogP contribution in [0.25, 0.3) is 34.4 Å². The van der Waals surface area contributed by atoms with E-state index in [1.54, 1.807) is 15.9 Å². The van der Waals surface area contributed by atoms with Crippen LogP contribution in [0.5, 0.6) is 0 Å². The number of nitrogens with zero attached hydrogens (tertiary/aromatic N) is 6. The van der Waals surface area contributed by atoms with E-state index in [4.69, 9.17) is 11.5 Å².